The molecule has 1 radical (unpaired) electrons. The van der Waals surface area contributed by atoms with Crippen molar-refractivity contribution < 1.29 is 14.4 Å². The third-order valence-electron chi connectivity index (χ3n) is 1.15. The van der Waals surface area contributed by atoms with Crippen molar-refractivity contribution in [2.45, 2.75) is 6.92 Å². The van der Waals surface area contributed by atoms with Gasteiger partial charge in [-0.25, -0.2) is 0 Å². The van der Waals surface area contributed by atoms with Gasteiger partial charge in [0.05, 0.1) is 0 Å². The Labute approximate surface area is 63.5 Å². The van der Waals surface area contributed by atoms with Crippen molar-refractivity contribution in [2.75, 3.05) is 0 Å². The second-order valence-corrected chi connectivity index (χ2v) is 2.12. The van der Waals surface area contributed by atoms with Crippen LogP contribution in [0.2, 0.25) is 0 Å². The maximum atomic E-state index is 10.8. The van der Waals surface area contributed by atoms with Gasteiger partial charge in [-0.1, -0.05) is 0 Å². The standard InChI is InChI=1S/C7H6NO3/c1-5(9)4-8-6(10)2-3-7(8)11/h2-4H,1H3. The van der Waals surface area contributed by atoms with Crippen LogP contribution in [0.5, 0.6) is 0 Å². The van der Waals surface area contributed by atoms with E-state index in [9.17, 15) is 14.4 Å². The van der Waals surface area contributed by atoms with Crippen LogP contribution in [0.1, 0.15) is 6.92 Å². The van der Waals surface area contributed by atoms with Gasteiger partial charge in [0.1, 0.15) is 6.54 Å². The molecular formula is C7H6NO3. The molecule has 1 heterocycles. The number of carbonyl (C=O) groups is 3. The Morgan fingerprint density at radius 3 is 2.18 bits per heavy atom. The molecule has 0 saturated heterocycles. The molecule has 0 aromatic rings. The maximum absolute atomic E-state index is 10.8. The third kappa shape index (κ3) is 1.52. The van der Waals surface area contributed by atoms with E-state index in [1.165, 1.54) is 6.92 Å². The Bertz CT molecular complexity index is 236. The van der Waals surface area contributed by atoms with Gasteiger partial charge in [0.15, 0.2) is 5.78 Å². The van der Waals surface area contributed by atoms with E-state index in [2.05, 4.69) is 0 Å². The first-order chi connectivity index (χ1) is 5.11. The van der Waals surface area contributed by atoms with Gasteiger partial charge in [0.25, 0.3) is 11.8 Å². The van der Waals surface area contributed by atoms with Gasteiger partial charge in [-0.3, -0.25) is 19.3 Å². The molecule has 0 aromatic carbocycles. The molecule has 0 bridgehead atoms. The quantitative estimate of drug-likeness (QED) is 0.509. The fourth-order valence-electron chi connectivity index (χ4n) is 0.721. The van der Waals surface area contributed by atoms with Crippen LogP contribution >= 0.6 is 0 Å². The van der Waals surface area contributed by atoms with Gasteiger partial charge in [-0.2, -0.15) is 0 Å². The van der Waals surface area contributed by atoms with Crippen LogP contribution in [-0.2, 0) is 14.4 Å². The molecule has 1 aliphatic heterocycles. The number of hydrogen-bond acceptors (Lipinski definition) is 3. The maximum Gasteiger partial charge on any atom is 0.254 e. The molecule has 1 aliphatic rings. The van der Waals surface area contributed by atoms with Crippen molar-refractivity contribution >= 4 is 17.6 Å². The fourth-order valence-corrected chi connectivity index (χ4v) is 0.721. The van der Waals surface area contributed by atoms with Crippen molar-refractivity contribution in [2.24, 2.45) is 0 Å². The zero-order valence-electron chi connectivity index (χ0n) is 5.90. The molecule has 0 N–H and O–H groups in total. The Hall–Kier alpha value is -1.45. The number of rotatable bonds is 2. The summed E-state index contributed by atoms with van der Waals surface area (Å²) in [6.45, 7) is 2.25. The first-order valence-electron chi connectivity index (χ1n) is 3.02. The number of ketones is 1. The van der Waals surface area contributed by atoms with Gasteiger partial charge in [-0.15, -0.1) is 0 Å². The minimum atomic E-state index is -0.467. The van der Waals surface area contributed by atoms with Crippen LogP contribution in [-0.4, -0.2) is 22.5 Å². The first kappa shape index (κ1) is 7.65. The second kappa shape index (κ2) is 2.65. The zero-order chi connectivity index (χ0) is 8.43. The molecule has 11 heavy (non-hydrogen) atoms. The Morgan fingerprint density at radius 2 is 1.82 bits per heavy atom. The van der Waals surface area contributed by atoms with Crippen LogP contribution in [0.4, 0.5) is 0 Å². The lowest BCUT2D eigenvalue weighted by Gasteiger charge is -2.08. The number of imide groups is 1. The van der Waals surface area contributed by atoms with Gasteiger partial charge in [0, 0.05) is 12.2 Å². The number of carbonyl (C=O) groups excluding carboxylic acids is 3. The van der Waals surface area contributed by atoms with Crippen LogP contribution in [0, 0.1) is 6.54 Å². The molecule has 0 spiro atoms. The van der Waals surface area contributed by atoms with E-state index in [1.54, 1.807) is 0 Å². The molecule has 4 nitrogen and oxygen atoms in total. The van der Waals surface area contributed by atoms with Crippen molar-refractivity contribution in [3.05, 3.63) is 18.7 Å². The largest absolute Gasteiger partial charge is 0.298 e. The average molecular weight is 152 g/mol. The topological polar surface area (TPSA) is 54.5 Å². The number of Topliss-reactive ketones (excluding diaryl/α,β-unsaturated/α-hetero) is 1. The third-order valence-corrected chi connectivity index (χ3v) is 1.15. The summed E-state index contributed by atoms with van der Waals surface area (Å²) in [6, 6.07) is 0. The fraction of sp³-hybridized carbons (Fsp3) is 0.143. The van der Waals surface area contributed by atoms with Crippen molar-refractivity contribution in [3.63, 3.8) is 0 Å². The molecule has 0 saturated carbocycles. The molecule has 57 valence electrons. The van der Waals surface area contributed by atoms with E-state index in [-0.39, 0.29) is 5.78 Å². The van der Waals surface area contributed by atoms with E-state index in [0.717, 1.165) is 23.6 Å². The minimum absolute atomic E-state index is 0.324. The van der Waals surface area contributed by atoms with Gasteiger partial charge >= 0.3 is 0 Å². The summed E-state index contributed by atoms with van der Waals surface area (Å²) in [7, 11) is 0. The molecule has 0 fully saturated rings. The SMILES string of the molecule is CC(=O)[CH]N1C(=O)C=CC1=O. The molecule has 0 atom stereocenters. The number of amides is 2. The summed E-state index contributed by atoms with van der Waals surface area (Å²) in [6.07, 6.45) is 2.25. The highest BCUT2D eigenvalue weighted by molar-refractivity contribution is 6.15. The van der Waals surface area contributed by atoms with Crippen LogP contribution in [0.15, 0.2) is 12.2 Å². The smallest absolute Gasteiger partial charge is 0.254 e. The normalized spacial score (nSPS) is 16.3. The molecule has 1 rings (SSSR count). The molecule has 4 heteroatoms. The predicted molar refractivity (Wildman–Crippen MR) is 36.0 cm³/mol. The lowest BCUT2D eigenvalue weighted by Crippen LogP contribution is -2.29. The Balaban J connectivity index is 2.66. The van der Waals surface area contributed by atoms with Gasteiger partial charge in [-0.05, 0) is 6.92 Å². The van der Waals surface area contributed by atoms with Gasteiger partial charge in [0.2, 0.25) is 0 Å². The molecule has 2 amide bonds. The van der Waals surface area contributed by atoms with Crippen LogP contribution in [0.3, 0.4) is 0 Å². The Morgan fingerprint density at radius 1 is 1.36 bits per heavy atom. The van der Waals surface area contributed by atoms with E-state index in [0.29, 0.717) is 0 Å². The highest BCUT2D eigenvalue weighted by Crippen LogP contribution is 2.05. The minimum Gasteiger partial charge on any atom is -0.298 e. The summed E-state index contributed by atoms with van der Waals surface area (Å²) in [5.41, 5.74) is 0. The van der Waals surface area contributed by atoms with Crippen molar-refractivity contribution in [1.29, 1.82) is 0 Å². The lowest BCUT2D eigenvalue weighted by atomic mass is 10.4. The summed E-state index contributed by atoms with van der Waals surface area (Å²) in [5.74, 6) is -1.26. The van der Waals surface area contributed by atoms with E-state index < -0.39 is 11.8 Å². The van der Waals surface area contributed by atoms with Gasteiger partial charge < -0.3 is 0 Å². The average Bonchev–Trinajstić information content (AvgIpc) is 2.18. The van der Waals surface area contributed by atoms with E-state index in [1.807, 2.05) is 0 Å². The van der Waals surface area contributed by atoms with Crippen molar-refractivity contribution in [1.82, 2.24) is 4.90 Å². The second-order valence-electron chi connectivity index (χ2n) is 2.12. The molecular weight excluding hydrogens is 146 g/mol. The Kier molecular flexibility index (Phi) is 1.85. The summed E-state index contributed by atoms with van der Waals surface area (Å²) in [5, 5.41) is 0. The number of nitrogens with zero attached hydrogens (tertiary/aromatic N) is 1. The lowest BCUT2D eigenvalue weighted by molar-refractivity contribution is -0.137. The first-order valence-corrected chi connectivity index (χ1v) is 3.02. The summed E-state index contributed by atoms with van der Waals surface area (Å²) < 4.78 is 0. The number of hydrogen-bond donors (Lipinski definition) is 0. The van der Waals surface area contributed by atoms with E-state index in [4.69, 9.17) is 0 Å². The predicted octanol–water partition coefficient (Wildman–Crippen LogP) is -0.338. The molecule has 0 aromatic heterocycles. The van der Waals surface area contributed by atoms with Crippen molar-refractivity contribution in [3.8, 4) is 0 Å². The summed E-state index contributed by atoms with van der Waals surface area (Å²) >= 11 is 0. The van der Waals surface area contributed by atoms with Crippen LogP contribution in [0.25, 0.3) is 0 Å². The zero-order valence-corrected chi connectivity index (χ0v) is 5.90. The highest BCUT2D eigenvalue weighted by atomic mass is 16.2. The summed E-state index contributed by atoms with van der Waals surface area (Å²) in [4.78, 5) is 32.8. The highest BCUT2D eigenvalue weighted by Gasteiger charge is 2.24. The molecule has 0 aliphatic carbocycles. The monoisotopic (exact) mass is 152 g/mol. The molecule has 0 unspecified atom stereocenters. The van der Waals surface area contributed by atoms with E-state index >= 15 is 0 Å². The van der Waals surface area contributed by atoms with Crippen LogP contribution < -0.4 is 0 Å².